The Hall–Kier alpha value is -3.12. The molecule has 0 spiro atoms. The van der Waals surface area contributed by atoms with Crippen LogP contribution in [-0.2, 0) is 13.0 Å². The summed E-state index contributed by atoms with van der Waals surface area (Å²) < 4.78 is 10.4. The zero-order valence-corrected chi connectivity index (χ0v) is 20.4. The first-order valence-electron chi connectivity index (χ1n) is 11.8. The van der Waals surface area contributed by atoms with E-state index >= 15 is 0 Å². The minimum atomic E-state index is 0.394. The summed E-state index contributed by atoms with van der Waals surface area (Å²) >= 11 is 1.79. The first-order chi connectivity index (χ1) is 16.2. The van der Waals surface area contributed by atoms with Gasteiger partial charge in [-0.25, -0.2) is 9.55 Å². The summed E-state index contributed by atoms with van der Waals surface area (Å²) in [5, 5.41) is 4.51. The van der Waals surface area contributed by atoms with Gasteiger partial charge in [0.05, 0.1) is 18.8 Å². The molecule has 0 saturated carbocycles. The highest BCUT2D eigenvalue weighted by Crippen LogP contribution is 2.41. The van der Waals surface area contributed by atoms with Crippen LogP contribution in [0, 0.1) is 6.92 Å². The second-order valence-electron chi connectivity index (χ2n) is 8.50. The zero-order valence-electron chi connectivity index (χ0n) is 19.5. The zero-order chi connectivity index (χ0) is 22.8. The van der Waals surface area contributed by atoms with E-state index in [-0.39, 0.29) is 0 Å². The first kappa shape index (κ1) is 21.7. The minimum Gasteiger partial charge on any atom is -0.489 e. The molecule has 33 heavy (non-hydrogen) atoms. The van der Waals surface area contributed by atoms with Crippen molar-refractivity contribution in [3.63, 3.8) is 0 Å². The second kappa shape index (κ2) is 9.40. The highest BCUT2D eigenvalue weighted by Gasteiger charge is 2.26. The van der Waals surface area contributed by atoms with E-state index in [4.69, 9.17) is 9.72 Å². The SMILES string of the molecule is CCOc1cc(Nc2nc3c(s2)CCCC3c2ccccc2)ccc1-[n+]1cc(C)n(CC)c1. The lowest BCUT2D eigenvalue weighted by molar-refractivity contribution is -0.595. The van der Waals surface area contributed by atoms with Gasteiger partial charge < -0.3 is 10.1 Å². The van der Waals surface area contributed by atoms with E-state index < -0.39 is 0 Å². The van der Waals surface area contributed by atoms with Crippen molar-refractivity contribution >= 4 is 22.2 Å². The summed E-state index contributed by atoms with van der Waals surface area (Å²) in [6.45, 7) is 7.87. The Morgan fingerprint density at radius 2 is 2.03 bits per heavy atom. The summed E-state index contributed by atoms with van der Waals surface area (Å²) in [5.41, 5.74) is 5.87. The number of fused-ring (bicyclic) bond motifs is 1. The molecule has 6 heteroatoms. The molecule has 5 nitrogen and oxygen atoms in total. The Bertz CT molecular complexity index is 1240. The monoisotopic (exact) mass is 459 g/mol. The van der Waals surface area contributed by atoms with E-state index in [1.165, 1.54) is 28.2 Å². The maximum Gasteiger partial charge on any atom is 0.249 e. The average Bonchev–Trinajstić information content (AvgIpc) is 3.42. The van der Waals surface area contributed by atoms with Crippen LogP contribution in [0.5, 0.6) is 5.75 Å². The highest BCUT2D eigenvalue weighted by molar-refractivity contribution is 7.15. The molecule has 1 atom stereocenters. The number of hydrogen-bond donors (Lipinski definition) is 1. The molecule has 1 N–H and O–H groups in total. The third-order valence-corrected chi connectivity index (χ3v) is 7.38. The van der Waals surface area contributed by atoms with Crippen LogP contribution in [0.4, 0.5) is 10.8 Å². The van der Waals surface area contributed by atoms with Crippen LogP contribution in [0.15, 0.2) is 61.1 Å². The molecule has 5 rings (SSSR count). The number of aromatic nitrogens is 3. The lowest BCUT2D eigenvalue weighted by atomic mass is 9.85. The lowest BCUT2D eigenvalue weighted by Gasteiger charge is -2.21. The smallest absolute Gasteiger partial charge is 0.249 e. The maximum absolute atomic E-state index is 6.02. The van der Waals surface area contributed by atoms with Crippen LogP contribution in [0.1, 0.15) is 54.4 Å². The average molecular weight is 460 g/mol. The summed E-state index contributed by atoms with van der Waals surface area (Å²) in [5.74, 6) is 1.26. The van der Waals surface area contributed by atoms with E-state index in [2.05, 4.69) is 89.4 Å². The molecular formula is C27H31N4OS+. The van der Waals surface area contributed by atoms with Crippen molar-refractivity contribution in [1.82, 2.24) is 9.55 Å². The number of rotatable bonds is 7. The van der Waals surface area contributed by atoms with Gasteiger partial charge in [0.2, 0.25) is 6.33 Å². The van der Waals surface area contributed by atoms with E-state index in [0.29, 0.717) is 12.5 Å². The third kappa shape index (κ3) is 4.40. The Kier molecular flexibility index (Phi) is 6.18. The summed E-state index contributed by atoms with van der Waals surface area (Å²) in [4.78, 5) is 6.45. The van der Waals surface area contributed by atoms with E-state index in [0.717, 1.165) is 41.6 Å². The Morgan fingerprint density at radius 1 is 1.18 bits per heavy atom. The maximum atomic E-state index is 6.02. The molecular weight excluding hydrogens is 428 g/mol. The standard InChI is InChI=1S/C27H31N4OS/c1-4-30-18-31(17-19(30)3)23-15-14-21(16-24(23)32-5-2)28-27-29-26-22(12-9-13-25(26)33-27)20-10-7-6-8-11-20/h6-8,10-11,14-18,22H,4-5,9,12-13H2,1-3H3,(H,28,29)/q+1. The van der Waals surface area contributed by atoms with Gasteiger partial charge >= 0.3 is 0 Å². The molecule has 0 radical (unpaired) electrons. The van der Waals surface area contributed by atoms with Gasteiger partial charge in [0, 0.05) is 29.5 Å². The van der Waals surface area contributed by atoms with Crippen molar-refractivity contribution in [2.24, 2.45) is 0 Å². The minimum absolute atomic E-state index is 0.394. The molecule has 0 bridgehead atoms. The van der Waals surface area contributed by atoms with Crippen LogP contribution < -0.4 is 14.6 Å². The number of anilines is 2. The predicted octanol–water partition coefficient (Wildman–Crippen LogP) is 6.16. The quantitative estimate of drug-likeness (QED) is 0.337. The number of hydrogen-bond acceptors (Lipinski definition) is 4. The van der Waals surface area contributed by atoms with Crippen LogP contribution in [-0.4, -0.2) is 16.2 Å². The number of nitrogens with one attached hydrogen (secondary N) is 1. The van der Waals surface area contributed by atoms with Crippen LogP contribution in [0.3, 0.4) is 0 Å². The molecule has 1 aliphatic carbocycles. The molecule has 2 aromatic heterocycles. The molecule has 0 aliphatic heterocycles. The summed E-state index contributed by atoms with van der Waals surface area (Å²) in [7, 11) is 0. The number of ether oxygens (including phenoxy) is 1. The molecule has 2 heterocycles. The van der Waals surface area contributed by atoms with Crippen molar-refractivity contribution in [3.05, 3.63) is 82.9 Å². The van der Waals surface area contributed by atoms with E-state index in [1.807, 2.05) is 6.92 Å². The topological polar surface area (TPSA) is 43.0 Å². The number of nitrogens with zero attached hydrogens (tertiary/aromatic N) is 3. The molecule has 1 unspecified atom stereocenters. The van der Waals surface area contributed by atoms with Crippen molar-refractivity contribution in [1.29, 1.82) is 0 Å². The largest absolute Gasteiger partial charge is 0.489 e. The number of aryl methyl sites for hydroxylation is 3. The molecule has 4 aromatic rings. The Balaban J connectivity index is 1.43. The van der Waals surface area contributed by atoms with Crippen LogP contribution >= 0.6 is 11.3 Å². The van der Waals surface area contributed by atoms with E-state index in [1.54, 1.807) is 11.3 Å². The third-order valence-electron chi connectivity index (χ3n) is 6.33. The molecule has 170 valence electrons. The van der Waals surface area contributed by atoms with E-state index in [9.17, 15) is 0 Å². The van der Waals surface area contributed by atoms with Crippen molar-refractivity contribution < 1.29 is 9.30 Å². The molecule has 0 fully saturated rings. The van der Waals surface area contributed by atoms with Gasteiger partial charge in [0.25, 0.3) is 0 Å². The van der Waals surface area contributed by atoms with Crippen LogP contribution in [0.25, 0.3) is 5.69 Å². The van der Waals surface area contributed by atoms with Gasteiger partial charge in [0.15, 0.2) is 16.6 Å². The lowest BCUT2D eigenvalue weighted by Crippen LogP contribution is -2.28. The highest BCUT2D eigenvalue weighted by atomic mass is 32.1. The van der Waals surface area contributed by atoms with Gasteiger partial charge in [0.1, 0.15) is 11.9 Å². The van der Waals surface area contributed by atoms with Gasteiger partial charge in [-0.05, 0) is 50.8 Å². The Labute approximate surface area is 199 Å². The normalized spacial score (nSPS) is 15.3. The number of thiazole rings is 1. The summed E-state index contributed by atoms with van der Waals surface area (Å²) in [6.07, 6.45) is 7.76. The number of imidazole rings is 1. The van der Waals surface area contributed by atoms with Crippen LogP contribution in [0.2, 0.25) is 0 Å². The van der Waals surface area contributed by atoms with Gasteiger partial charge in [-0.3, -0.25) is 0 Å². The summed E-state index contributed by atoms with van der Waals surface area (Å²) in [6, 6.07) is 17.1. The van der Waals surface area contributed by atoms with Gasteiger partial charge in [-0.15, -0.1) is 11.3 Å². The molecule has 1 aliphatic rings. The molecule has 0 saturated heterocycles. The fourth-order valence-corrected chi connectivity index (χ4v) is 5.78. The Morgan fingerprint density at radius 3 is 2.79 bits per heavy atom. The van der Waals surface area contributed by atoms with Gasteiger partial charge in [-0.2, -0.15) is 4.57 Å². The molecule has 2 aromatic carbocycles. The number of benzene rings is 2. The molecule has 0 amide bonds. The predicted molar refractivity (Wildman–Crippen MR) is 134 cm³/mol. The fraction of sp³-hybridized carbons (Fsp3) is 0.333. The van der Waals surface area contributed by atoms with Gasteiger partial charge in [-0.1, -0.05) is 30.3 Å². The first-order valence-corrected chi connectivity index (χ1v) is 12.6. The van der Waals surface area contributed by atoms with Crippen molar-refractivity contribution in [3.8, 4) is 11.4 Å². The van der Waals surface area contributed by atoms with Crippen molar-refractivity contribution in [2.45, 2.75) is 52.5 Å². The second-order valence-corrected chi connectivity index (χ2v) is 9.59. The van der Waals surface area contributed by atoms with Crippen molar-refractivity contribution in [2.75, 3.05) is 11.9 Å². The fourth-order valence-electron chi connectivity index (χ4n) is 4.69.